The quantitative estimate of drug-likeness (QED) is 0.575. The maximum absolute atomic E-state index is 12.5. The maximum atomic E-state index is 12.5. The molecule has 0 aliphatic rings. The molecule has 162 valence electrons. The van der Waals surface area contributed by atoms with Gasteiger partial charge in [0.25, 0.3) is 0 Å². The summed E-state index contributed by atoms with van der Waals surface area (Å²) in [7, 11) is -3.53. The van der Waals surface area contributed by atoms with Gasteiger partial charge in [-0.25, -0.2) is 8.42 Å². The standard InChI is InChI=1S/C21H24F2N2O4S/c1-3-25(4-2)30(27,28)18-12-9-16(10-13-18)15-24-20(26)14-11-17-7-5-6-8-19(17)29-21(22)23/h5-14,21H,3-4,15H2,1-2H3,(H,24,26)/b14-11+. The number of hydrogen-bond donors (Lipinski definition) is 1. The van der Waals surface area contributed by atoms with E-state index in [1.165, 1.54) is 34.7 Å². The zero-order chi connectivity index (χ0) is 22.1. The summed E-state index contributed by atoms with van der Waals surface area (Å²) in [5.41, 5.74) is 1.07. The largest absolute Gasteiger partial charge is 0.434 e. The smallest absolute Gasteiger partial charge is 0.387 e. The van der Waals surface area contributed by atoms with E-state index in [1.54, 1.807) is 44.2 Å². The van der Waals surface area contributed by atoms with Crippen LogP contribution in [-0.2, 0) is 21.4 Å². The van der Waals surface area contributed by atoms with Crippen LogP contribution in [0.3, 0.4) is 0 Å². The van der Waals surface area contributed by atoms with E-state index in [0.29, 0.717) is 18.7 Å². The summed E-state index contributed by atoms with van der Waals surface area (Å²) < 4.78 is 55.6. The van der Waals surface area contributed by atoms with Gasteiger partial charge in [0, 0.05) is 31.3 Å². The molecule has 0 saturated heterocycles. The van der Waals surface area contributed by atoms with E-state index in [1.807, 2.05) is 0 Å². The van der Waals surface area contributed by atoms with Crippen molar-refractivity contribution in [2.24, 2.45) is 0 Å². The Hall–Kier alpha value is -2.78. The predicted molar refractivity (Wildman–Crippen MR) is 111 cm³/mol. The highest BCUT2D eigenvalue weighted by Gasteiger charge is 2.21. The molecule has 9 heteroatoms. The molecule has 2 aromatic rings. The molecule has 0 saturated carbocycles. The van der Waals surface area contributed by atoms with Gasteiger partial charge in [-0.3, -0.25) is 4.79 Å². The first-order chi connectivity index (χ1) is 14.3. The molecular weight excluding hydrogens is 414 g/mol. The van der Waals surface area contributed by atoms with Gasteiger partial charge in [0.05, 0.1) is 4.90 Å². The van der Waals surface area contributed by atoms with Crippen LogP contribution in [0.5, 0.6) is 5.75 Å². The molecule has 0 atom stereocenters. The van der Waals surface area contributed by atoms with Crippen LogP contribution in [0.1, 0.15) is 25.0 Å². The number of benzene rings is 2. The van der Waals surface area contributed by atoms with Crippen molar-refractivity contribution in [3.8, 4) is 5.75 Å². The molecule has 1 N–H and O–H groups in total. The number of halogens is 2. The van der Waals surface area contributed by atoms with E-state index < -0.39 is 22.5 Å². The van der Waals surface area contributed by atoms with Gasteiger partial charge in [0.1, 0.15) is 5.75 Å². The molecule has 0 bridgehead atoms. The molecule has 0 heterocycles. The Morgan fingerprint density at radius 3 is 2.33 bits per heavy atom. The van der Waals surface area contributed by atoms with Crippen molar-refractivity contribution in [2.75, 3.05) is 13.1 Å². The van der Waals surface area contributed by atoms with Crippen LogP contribution in [0.4, 0.5) is 8.78 Å². The zero-order valence-electron chi connectivity index (χ0n) is 16.7. The van der Waals surface area contributed by atoms with Gasteiger partial charge in [-0.2, -0.15) is 13.1 Å². The molecule has 30 heavy (non-hydrogen) atoms. The summed E-state index contributed by atoms with van der Waals surface area (Å²) in [4.78, 5) is 12.2. The molecule has 6 nitrogen and oxygen atoms in total. The van der Waals surface area contributed by atoms with Crippen LogP contribution in [0.25, 0.3) is 6.08 Å². The highest BCUT2D eigenvalue weighted by molar-refractivity contribution is 7.89. The van der Waals surface area contributed by atoms with Crippen molar-refractivity contribution in [3.63, 3.8) is 0 Å². The molecular formula is C21H24F2N2O4S. The second kappa shape index (κ2) is 10.8. The molecule has 2 rings (SSSR count). The van der Waals surface area contributed by atoms with Gasteiger partial charge in [-0.15, -0.1) is 0 Å². The van der Waals surface area contributed by atoms with Crippen LogP contribution in [-0.4, -0.2) is 38.3 Å². The third kappa shape index (κ3) is 6.36. The SMILES string of the molecule is CCN(CC)S(=O)(=O)c1ccc(CNC(=O)/C=C/c2ccccc2OC(F)F)cc1. The van der Waals surface area contributed by atoms with Gasteiger partial charge >= 0.3 is 6.61 Å². The first-order valence-electron chi connectivity index (χ1n) is 9.36. The number of hydrogen-bond acceptors (Lipinski definition) is 4. The fraction of sp³-hybridized carbons (Fsp3) is 0.286. The lowest BCUT2D eigenvalue weighted by Gasteiger charge is -2.18. The molecule has 1 amide bonds. The Labute approximate surface area is 175 Å². The van der Waals surface area contributed by atoms with Crippen molar-refractivity contribution < 1.29 is 26.7 Å². The number of alkyl halides is 2. The van der Waals surface area contributed by atoms with Crippen molar-refractivity contribution in [1.82, 2.24) is 9.62 Å². The number of para-hydroxylation sites is 1. The normalized spacial score (nSPS) is 11.9. The number of rotatable bonds is 10. The molecule has 0 aliphatic carbocycles. The number of amides is 1. The maximum Gasteiger partial charge on any atom is 0.387 e. The summed E-state index contributed by atoms with van der Waals surface area (Å²) in [6.07, 6.45) is 2.60. The highest BCUT2D eigenvalue weighted by atomic mass is 32.2. The first kappa shape index (κ1) is 23.5. The minimum Gasteiger partial charge on any atom is -0.434 e. The van der Waals surface area contributed by atoms with Gasteiger partial charge in [-0.05, 0) is 29.8 Å². The van der Waals surface area contributed by atoms with E-state index >= 15 is 0 Å². The Morgan fingerprint density at radius 2 is 1.73 bits per heavy atom. The van der Waals surface area contributed by atoms with Gasteiger partial charge in [0.15, 0.2) is 0 Å². The summed E-state index contributed by atoms with van der Waals surface area (Å²) in [6.45, 7) is 1.54. The zero-order valence-corrected chi connectivity index (χ0v) is 17.5. The predicted octanol–water partition coefficient (Wildman–Crippen LogP) is 3.65. The number of nitrogens with zero attached hydrogens (tertiary/aromatic N) is 1. The molecule has 0 aliphatic heterocycles. The van der Waals surface area contributed by atoms with E-state index in [2.05, 4.69) is 10.1 Å². The number of ether oxygens (including phenoxy) is 1. The molecule has 0 unspecified atom stereocenters. The van der Waals surface area contributed by atoms with Crippen molar-refractivity contribution in [2.45, 2.75) is 31.9 Å². The van der Waals surface area contributed by atoms with Crippen LogP contribution in [0, 0.1) is 0 Å². The van der Waals surface area contributed by atoms with Crippen LogP contribution < -0.4 is 10.1 Å². The Bertz CT molecular complexity index is 973. The number of nitrogens with one attached hydrogen (secondary N) is 1. The first-order valence-corrected chi connectivity index (χ1v) is 10.8. The number of carbonyl (C=O) groups excluding carboxylic acids is 1. The third-order valence-corrected chi connectivity index (χ3v) is 6.35. The number of sulfonamides is 1. The van der Waals surface area contributed by atoms with E-state index in [9.17, 15) is 22.0 Å². The Kier molecular flexibility index (Phi) is 8.49. The van der Waals surface area contributed by atoms with Gasteiger partial charge in [-0.1, -0.05) is 44.2 Å². The average molecular weight is 438 g/mol. The summed E-state index contributed by atoms with van der Waals surface area (Å²) in [5, 5.41) is 2.66. The van der Waals surface area contributed by atoms with E-state index in [4.69, 9.17) is 0 Å². The number of carbonyl (C=O) groups is 1. The van der Waals surface area contributed by atoms with E-state index in [0.717, 1.165) is 5.56 Å². The van der Waals surface area contributed by atoms with Crippen molar-refractivity contribution >= 4 is 22.0 Å². The summed E-state index contributed by atoms with van der Waals surface area (Å²) >= 11 is 0. The second-order valence-electron chi connectivity index (χ2n) is 6.20. The average Bonchev–Trinajstić information content (AvgIpc) is 2.72. The summed E-state index contributed by atoms with van der Waals surface area (Å²) in [6, 6.07) is 12.4. The Morgan fingerprint density at radius 1 is 1.10 bits per heavy atom. The van der Waals surface area contributed by atoms with Gasteiger partial charge < -0.3 is 10.1 Å². The molecule has 0 fully saturated rings. The Balaban J connectivity index is 1.98. The minimum atomic E-state index is -3.53. The third-order valence-electron chi connectivity index (χ3n) is 4.28. The van der Waals surface area contributed by atoms with Crippen molar-refractivity contribution in [1.29, 1.82) is 0 Å². The minimum absolute atomic E-state index is 0.0263. The molecule has 2 aromatic carbocycles. The van der Waals surface area contributed by atoms with Gasteiger partial charge in [0.2, 0.25) is 15.9 Å². The van der Waals surface area contributed by atoms with E-state index in [-0.39, 0.29) is 17.2 Å². The lowest BCUT2D eigenvalue weighted by molar-refractivity contribution is -0.116. The van der Waals surface area contributed by atoms with Crippen LogP contribution >= 0.6 is 0 Å². The molecule has 0 spiro atoms. The monoisotopic (exact) mass is 438 g/mol. The molecule has 0 radical (unpaired) electrons. The van der Waals surface area contributed by atoms with Crippen LogP contribution in [0.2, 0.25) is 0 Å². The second-order valence-corrected chi connectivity index (χ2v) is 8.14. The summed E-state index contributed by atoms with van der Waals surface area (Å²) in [5.74, 6) is -0.455. The molecule has 0 aromatic heterocycles. The highest BCUT2D eigenvalue weighted by Crippen LogP contribution is 2.21. The fourth-order valence-corrected chi connectivity index (χ4v) is 4.18. The lowest BCUT2D eigenvalue weighted by atomic mass is 10.2. The lowest BCUT2D eigenvalue weighted by Crippen LogP contribution is -2.30. The van der Waals surface area contributed by atoms with Crippen LogP contribution in [0.15, 0.2) is 59.5 Å². The topological polar surface area (TPSA) is 75.7 Å². The fourth-order valence-electron chi connectivity index (χ4n) is 2.73. The van der Waals surface area contributed by atoms with Crippen molar-refractivity contribution in [3.05, 3.63) is 65.7 Å².